The van der Waals surface area contributed by atoms with Gasteiger partial charge in [-0.25, -0.2) is 4.39 Å². The lowest BCUT2D eigenvalue weighted by atomic mass is 10.1. The van der Waals surface area contributed by atoms with Crippen molar-refractivity contribution < 1.29 is 18.4 Å². The average molecular weight is 348 g/mol. The molecule has 7 heteroatoms. The SMILES string of the molecule is O=C(c1cc(-c2ccccc2F)on1)N1CCSC2COCCC21. The van der Waals surface area contributed by atoms with Gasteiger partial charge in [0.25, 0.3) is 5.91 Å². The van der Waals surface area contributed by atoms with Gasteiger partial charge in [-0.2, -0.15) is 11.8 Å². The molecule has 2 fully saturated rings. The minimum absolute atomic E-state index is 0.154. The van der Waals surface area contributed by atoms with Crippen molar-refractivity contribution in [2.45, 2.75) is 17.7 Å². The lowest BCUT2D eigenvalue weighted by molar-refractivity contribution is 0.0313. The summed E-state index contributed by atoms with van der Waals surface area (Å²) in [4.78, 5) is 14.7. The van der Waals surface area contributed by atoms with Gasteiger partial charge in [-0.15, -0.1) is 0 Å². The molecule has 5 nitrogen and oxygen atoms in total. The van der Waals surface area contributed by atoms with Gasteiger partial charge < -0.3 is 14.2 Å². The monoisotopic (exact) mass is 348 g/mol. The molecule has 0 radical (unpaired) electrons. The molecule has 2 aromatic rings. The first-order valence-corrected chi connectivity index (χ1v) is 9.01. The van der Waals surface area contributed by atoms with Crippen LogP contribution in [0, 0.1) is 5.82 Å². The Morgan fingerprint density at radius 2 is 2.25 bits per heavy atom. The molecule has 1 aromatic heterocycles. The van der Waals surface area contributed by atoms with E-state index < -0.39 is 5.82 Å². The number of carbonyl (C=O) groups is 1. The quantitative estimate of drug-likeness (QED) is 0.835. The third-order valence-corrected chi connectivity index (χ3v) is 5.76. The Bertz CT molecular complexity index is 749. The first kappa shape index (κ1) is 15.7. The van der Waals surface area contributed by atoms with Crippen molar-refractivity contribution in [2.24, 2.45) is 0 Å². The number of hydrogen-bond donors (Lipinski definition) is 0. The molecule has 0 bridgehead atoms. The van der Waals surface area contributed by atoms with Gasteiger partial charge in [-0.3, -0.25) is 4.79 Å². The summed E-state index contributed by atoms with van der Waals surface area (Å²) in [7, 11) is 0. The van der Waals surface area contributed by atoms with Gasteiger partial charge in [0.1, 0.15) is 5.82 Å². The largest absolute Gasteiger partial charge is 0.380 e. The van der Waals surface area contributed by atoms with Crippen molar-refractivity contribution in [1.29, 1.82) is 0 Å². The van der Waals surface area contributed by atoms with Crippen LogP contribution < -0.4 is 0 Å². The Labute approximate surface area is 143 Å². The summed E-state index contributed by atoms with van der Waals surface area (Å²) in [6.07, 6.45) is 0.835. The van der Waals surface area contributed by atoms with Crippen LogP contribution in [0.25, 0.3) is 11.3 Å². The van der Waals surface area contributed by atoms with Crippen LogP contribution in [0.15, 0.2) is 34.9 Å². The van der Waals surface area contributed by atoms with Crippen molar-refractivity contribution in [3.63, 3.8) is 0 Å². The third-order valence-electron chi connectivity index (χ3n) is 4.46. The molecule has 2 atom stereocenters. The molecule has 0 saturated carbocycles. The fourth-order valence-electron chi connectivity index (χ4n) is 3.25. The molecule has 3 heterocycles. The molecular weight excluding hydrogens is 331 g/mol. The number of hydrogen-bond acceptors (Lipinski definition) is 5. The van der Waals surface area contributed by atoms with E-state index in [2.05, 4.69) is 5.16 Å². The number of halogens is 1. The predicted octanol–water partition coefficient (Wildman–Crippen LogP) is 2.83. The van der Waals surface area contributed by atoms with Gasteiger partial charge >= 0.3 is 0 Å². The van der Waals surface area contributed by atoms with Gasteiger partial charge in [0, 0.05) is 36.3 Å². The van der Waals surface area contributed by atoms with E-state index in [0.29, 0.717) is 30.6 Å². The van der Waals surface area contributed by atoms with E-state index in [1.54, 1.807) is 18.2 Å². The molecule has 1 aromatic carbocycles. The molecule has 0 aliphatic carbocycles. The minimum atomic E-state index is -0.397. The van der Waals surface area contributed by atoms with Crippen LogP contribution in [0.2, 0.25) is 0 Å². The molecule has 2 aliphatic rings. The van der Waals surface area contributed by atoms with E-state index >= 15 is 0 Å². The van der Waals surface area contributed by atoms with E-state index in [4.69, 9.17) is 9.26 Å². The summed E-state index contributed by atoms with van der Waals surface area (Å²) in [5.74, 6) is 0.602. The maximum atomic E-state index is 13.9. The van der Waals surface area contributed by atoms with Gasteiger partial charge in [-0.1, -0.05) is 17.3 Å². The zero-order valence-electron chi connectivity index (χ0n) is 13.0. The van der Waals surface area contributed by atoms with E-state index in [1.807, 2.05) is 16.7 Å². The Kier molecular flexibility index (Phi) is 4.28. The van der Waals surface area contributed by atoms with Crippen LogP contribution in [0.4, 0.5) is 4.39 Å². The van der Waals surface area contributed by atoms with Crippen LogP contribution in [0.1, 0.15) is 16.9 Å². The number of fused-ring (bicyclic) bond motifs is 1. The standard InChI is InChI=1S/C17H17FN2O3S/c18-12-4-2-1-3-11(12)15-9-13(19-23-15)17(21)20-6-8-24-16-10-22-7-5-14(16)20/h1-4,9,14,16H,5-8,10H2. The molecule has 24 heavy (non-hydrogen) atoms. The first-order chi connectivity index (χ1) is 11.7. The van der Waals surface area contributed by atoms with Crippen molar-refractivity contribution in [1.82, 2.24) is 10.1 Å². The summed E-state index contributed by atoms with van der Waals surface area (Å²) >= 11 is 1.86. The van der Waals surface area contributed by atoms with Crippen LogP contribution in [-0.2, 0) is 4.74 Å². The van der Waals surface area contributed by atoms with E-state index in [-0.39, 0.29) is 23.4 Å². The zero-order chi connectivity index (χ0) is 16.5. The second-order valence-corrected chi connectivity index (χ2v) is 7.24. The Balaban J connectivity index is 1.58. The summed E-state index contributed by atoms with van der Waals surface area (Å²) < 4.78 is 24.6. The highest BCUT2D eigenvalue weighted by atomic mass is 32.2. The number of nitrogens with zero attached hydrogens (tertiary/aromatic N) is 2. The van der Waals surface area contributed by atoms with Crippen LogP contribution >= 0.6 is 11.8 Å². The predicted molar refractivity (Wildman–Crippen MR) is 88.4 cm³/mol. The van der Waals surface area contributed by atoms with Crippen LogP contribution in [-0.4, -0.2) is 52.8 Å². The summed E-state index contributed by atoms with van der Waals surface area (Å²) in [5, 5.41) is 4.19. The minimum Gasteiger partial charge on any atom is -0.380 e. The van der Waals surface area contributed by atoms with Gasteiger partial charge in [0.2, 0.25) is 0 Å². The number of rotatable bonds is 2. The average Bonchev–Trinajstić information content (AvgIpc) is 3.11. The van der Waals surface area contributed by atoms with Crippen molar-refractivity contribution in [3.8, 4) is 11.3 Å². The molecule has 2 aliphatic heterocycles. The fraction of sp³-hybridized carbons (Fsp3) is 0.412. The van der Waals surface area contributed by atoms with E-state index in [9.17, 15) is 9.18 Å². The number of ether oxygens (including phenoxy) is 1. The smallest absolute Gasteiger partial charge is 0.276 e. The third kappa shape index (κ3) is 2.82. The van der Waals surface area contributed by atoms with Crippen LogP contribution in [0.3, 0.4) is 0 Å². The zero-order valence-corrected chi connectivity index (χ0v) is 13.8. The number of aromatic nitrogens is 1. The molecule has 2 unspecified atom stereocenters. The summed E-state index contributed by atoms with van der Waals surface area (Å²) in [6.45, 7) is 2.04. The fourth-order valence-corrected chi connectivity index (χ4v) is 4.55. The highest BCUT2D eigenvalue weighted by Crippen LogP contribution is 2.31. The highest BCUT2D eigenvalue weighted by molar-refractivity contribution is 8.00. The normalized spacial score (nSPS) is 23.8. The first-order valence-electron chi connectivity index (χ1n) is 7.96. The van der Waals surface area contributed by atoms with Crippen molar-refractivity contribution in [2.75, 3.05) is 25.5 Å². The van der Waals surface area contributed by atoms with Gasteiger partial charge in [-0.05, 0) is 18.6 Å². The molecule has 0 spiro atoms. The highest BCUT2D eigenvalue weighted by Gasteiger charge is 2.38. The maximum absolute atomic E-state index is 13.9. The number of thioether (sulfide) groups is 1. The van der Waals surface area contributed by atoms with Crippen molar-refractivity contribution >= 4 is 17.7 Å². The molecule has 1 amide bonds. The molecule has 126 valence electrons. The van der Waals surface area contributed by atoms with E-state index in [1.165, 1.54) is 12.1 Å². The summed E-state index contributed by atoms with van der Waals surface area (Å²) in [5.41, 5.74) is 0.535. The van der Waals surface area contributed by atoms with E-state index in [0.717, 1.165) is 12.2 Å². The molecule has 0 N–H and O–H groups in total. The number of benzene rings is 1. The Hall–Kier alpha value is -1.86. The topological polar surface area (TPSA) is 55.6 Å². The number of carbonyl (C=O) groups excluding carboxylic acids is 1. The van der Waals surface area contributed by atoms with Gasteiger partial charge in [0.15, 0.2) is 11.5 Å². The lowest BCUT2D eigenvalue weighted by Gasteiger charge is -2.43. The van der Waals surface area contributed by atoms with Crippen molar-refractivity contribution in [3.05, 3.63) is 41.8 Å². The second-order valence-electron chi connectivity index (χ2n) is 5.89. The lowest BCUT2D eigenvalue weighted by Crippen LogP contribution is -2.54. The Morgan fingerprint density at radius 3 is 3.12 bits per heavy atom. The van der Waals surface area contributed by atoms with Crippen LogP contribution in [0.5, 0.6) is 0 Å². The second kappa shape index (κ2) is 6.57. The maximum Gasteiger partial charge on any atom is 0.276 e. The molecule has 4 rings (SSSR count). The Morgan fingerprint density at radius 1 is 1.38 bits per heavy atom. The molecular formula is C17H17FN2O3S. The van der Waals surface area contributed by atoms with Gasteiger partial charge in [0.05, 0.1) is 12.2 Å². The molecule has 2 saturated heterocycles. The number of amides is 1. The summed E-state index contributed by atoms with van der Waals surface area (Å²) in [6, 6.07) is 7.98.